The van der Waals surface area contributed by atoms with E-state index in [1.165, 1.54) is 6.92 Å². The Hall–Kier alpha value is -1.06. The van der Waals surface area contributed by atoms with E-state index in [4.69, 9.17) is 5.11 Å². The predicted molar refractivity (Wildman–Crippen MR) is 47.2 cm³/mol. The molecule has 2 N–H and O–H groups in total. The lowest BCUT2D eigenvalue weighted by Crippen LogP contribution is -2.40. The van der Waals surface area contributed by atoms with Crippen molar-refractivity contribution in [2.45, 2.75) is 39.2 Å². The van der Waals surface area contributed by atoms with Gasteiger partial charge in [0.15, 0.2) is 0 Å². The van der Waals surface area contributed by atoms with Gasteiger partial charge in [0.2, 0.25) is 5.91 Å². The van der Waals surface area contributed by atoms with Crippen molar-refractivity contribution in [3.05, 3.63) is 0 Å². The van der Waals surface area contributed by atoms with Crippen LogP contribution in [0.15, 0.2) is 0 Å². The van der Waals surface area contributed by atoms with Crippen LogP contribution in [0.5, 0.6) is 0 Å². The number of aliphatic carboxylic acids is 1. The summed E-state index contributed by atoms with van der Waals surface area (Å²) in [5, 5.41) is 11.2. The van der Waals surface area contributed by atoms with Gasteiger partial charge in [-0.3, -0.25) is 4.79 Å². The Labute approximate surface area is 77.3 Å². The fraction of sp³-hybridized carbons (Fsp3) is 0.778. The molecule has 0 aromatic carbocycles. The average molecular weight is 185 g/mol. The third-order valence-corrected chi connectivity index (χ3v) is 2.48. The van der Waals surface area contributed by atoms with E-state index in [1.807, 2.05) is 6.92 Å². The smallest absolute Gasteiger partial charge is 0.326 e. The van der Waals surface area contributed by atoms with Crippen molar-refractivity contribution in [1.29, 1.82) is 0 Å². The third-order valence-electron chi connectivity index (χ3n) is 2.48. The van der Waals surface area contributed by atoms with Crippen molar-refractivity contribution in [2.24, 2.45) is 5.41 Å². The van der Waals surface area contributed by atoms with Crippen molar-refractivity contribution in [3.8, 4) is 0 Å². The first kappa shape index (κ1) is 10.0. The molecule has 0 spiro atoms. The second-order valence-electron chi connectivity index (χ2n) is 4.11. The molecule has 0 aliphatic heterocycles. The Balaban J connectivity index is 2.47. The number of carboxylic acid groups (broad SMARTS) is 1. The molecule has 1 aliphatic carbocycles. The van der Waals surface area contributed by atoms with Gasteiger partial charge < -0.3 is 10.4 Å². The summed E-state index contributed by atoms with van der Waals surface area (Å²) in [6.45, 7) is 3.38. The molecule has 4 heteroatoms. The van der Waals surface area contributed by atoms with Gasteiger partial charge in [-0.25, -0.2) is 4.79 Å². The number of hydrogen-bond acceptors (Lipinski definition) is 2. The van der Waals surface area contributed by atoms with Crippen LogP contribution >= 0.6 is 0 Å². The van der Waals surface area contributed by atoms with Gasteiger partial charge in [0.1, 0.15) is 6.04 Å². The molecule has 1 fully saturated rings. The zero-order chi connectivity index (χ0) is 10.1. The summed E-state index contributed by atoms with van der Waals surface area (Å²) in [5.74, 6) is -1.22. The van der Waals surface area contributed by atoms with Gasteiger partial charge in [0, 0.05) is 6.92 Å². The van der Waals surface area contributed by atoms with Crippen LogP contribution in [-0.4, -0.2) is 23.0 Å². The van der Waals surface area contributed by atoms with E-state index in [9.17, 15) is 9.59 Å². The molecule has 0 saturated heterocycles. The topological polar surface area (TPSA) is 66.4 Å². The van der Waals surface area contributed by atoms with E-state index in [2.05, 4.69) is 5.32 Å². The molecule has 1 amide bonds. The molecule has 1 atom stereocenters. The lowest BCUT2D eigenvalue weighted by Gasteiger charge is -2.16. The van der Waals surface area contributed by atoms with Crippen LogP contribution in [0.2, 0.25) is 0 Å². The average Bonchev–Trinajstić information content (AvgIpc) is 2.65. The summed E-state index contributed by atoms with van der Waals surface area (Å²) < 4.78 is 0. The Kier molecular flexibility index (Phi) is 2.59. The van der Waals surface area contributed by atoms with Crippen molar-refractivity contribution in [2.75, 3.05) is 0 Å². The number of rotatable bonds is 4. The van der Waals surface area contributed by atoms with Gasteiger partial charge in [-0.05, 0) is 24.7 Å². The lowest BCUT2D eigenvalue weighted by atomic mass is 9.99. The van der Waals surface area contributed by atoms with Crippen LogP contribution < -0.4 is 5.32 Å². The van der Waals surface area contributed by atoms with E-state index in [0.717, 1.165) is 12.8 Å². The summed E-state index contributed by atoms with van der Waals surface area (Å²) in [6, 6.07) is -0.718. The molecule has 0 heterocycles. The van der Waals surface area contributed by atoms with E-state index in [-0.39, 0.29) is 11.3 Å². The van der Waals surface area contributed by atoms with Gasteiger partial charge in [-0.1, -0.05) is 6.92 Å². The van der Waals surface area contributed by atoms with E-state index >= 15 is 0 Å². The molecule has 0 radical (unpaired) electrons. The highest BCUT2D eigenvalue weighted by molar-refractivity contribution is 5.82. The number of hydrogen-bond donors (Lipinski definition) is 2. The molecular weight excluding hydrogens is 170 g/mol. The molecule has 13 heavy (non-hydrogen) atoms. The quantitative estimate of drug-likeness (QED) is 0.679. The lowest BCUT2D eigenvalue weighted by molar-refractivity contribution is -0.142. The van der Waals surface area contributed by atoms with Gasteiger partial charge in [0.25, 0.3) is 0 Å². The molecule has 0 aromatic rings. The maximum Gasteiger partial charge on any atom is 0.326 e. The Morgan fingerprint density at radius 2 is 2.08 bits per heavy atom. The number of carbonyl (C=O) groups is 2. The summed E-state index contributed by atoms with van der Waals surface area (Å²) in [6.07, 6.45) is 2.68. The van der Waals surface area contributed by atoms with Crippen LogP contribution in [0.4, 0.5) is 0 Å². The highest BCUT2D eigenvalue weighted by atomic mass is 16.4. The molecule has 1 saturated carbocycles. The maximum absolute atomic E-state index is 10.7. The molecule has 4 nitrogen and oxygen atoms in total. The largest absolute Gasteiger partial charge is 0.480 e. The van der Waals surface area contributed by atoms with E-state index in [0.29, 0.717) is 6.42 Å². The van der Waals surface area contributed by atoms with Crippen LogP contribution in [-0.2, 0) is 9.59 Å². The zero-order valence-corrected chi connectivity index (χ0v) is 7.96. The Morgan fingerprint density at radius 1 is 1.54 bits per heavy atom. The van der Waals surface area contributed by atoms with E-state index < -0.39 is 12.0 Å². The summed E-state index contributed by atoms with van der Waals surface area (Å²) >= 11 is 0. The van der Waals surface area contributed by atoms with Crippen molar-refractivity contribution in [3.63, 3.8) is 0 Å². The van der Waals surface area contributed by atoms with Gasteiger partial charge in [0.05, 0.1) is 0 Å². The molecule has 0 aromatic heterocycles. The number of carbonyl (C=O) groups excluding carboxylic acids is 1. The summed E-state index contributed by atoms with van der Waals surface area (Å²) in [4.78, 5) is 21.4. The predicted octanol–water partition coefficient (Wildman–Crippen LogP) is 0.766. The maximum atomic E-state index is 10.7. The van der Waals surface area contributed by atoms with Crippen LogP contribution in [0.25, 0.3) is 0 Å². The van der Waals surface area contributed by atoms with Crippen LogP contribution in [0.3, 0.4) is 0 Å². The highest BCUT2D eigenvalue weighted by Gasteiger charge is 2.41. The van der Waals surface area contributed by atoms with E-state index in [1.54, 1.807) is 0 Å². The molecule has 1 unspecified atom stereocenters. The standard InChI is InChI=1S/C9H15NO3/c1-6(11)10-7(8(12)13)5-9(2)3-4-9/h7H,3-5H2,1-2H3,(H,10,11)(H,12,13). The first-order valence-corrected chi connectivity index (χ1v) is 4.43. The first-order chi connectivity index (χ1) is 5.93. The van der Waals surface area contributed by atoms with Gasteiger partial charge in [-0.2, -0.15) is 0 Å². The normalized spacial score (nSPS) is 20.5. The number of carboxylic acids is 1. The zero-order valence-electron chi connectivity index (χ0n) is 7.96. The van der Waals surface area contributed by atoms with Crippen molar-refractivity contribution >= 4 is 11.9 Å². The fourth-order valence-electron chi connectivity index (χ4n) is 1.36. The van der Waals surface area contributed by atoms with Crippen LogP contribution in [0.1, 0.15) is 33.1 Å². The van der Waals surface area contributed by atoms with Crippen LogP contribution in [0, 0.1) is 5.41 Å². The Bertz CT molecular complexity index is 233. The first-order valence-electron chi connectivity index (χ1n) is 4.43. The molecular formula is C9H15NO3. The van der Waals surface area contributed by atoms with Gasteiger partial charge >= 0.3 is 5.97 Å². The third kappa shape index (κ3) is 3.05. The fourth-order valence-corrected chi connectivity index (χ4v) is 1.36. The molecule has 1 aliphatic rings. The monoisotopic (exact) mass is 185 g/mol. The molecule has 74 valence electrons. The summed E-state index contributed by atoms with van der Waals surface area (Å²) in [7, 11) is 0. The number of amides is 1. The number of nitrogens with one attached hydrogen (secondary N) is 1. The van der Waals surface area contributed by atoms with Gasteiger partial charge in [-0.15, -0.1) is 0 Å². The minimum Gasteiger partial charge on any atom is -0.480 e. The summed E-state index contributed by atoms with van der Waals surface area (Å²) in [5.41, 5.74) is 0.144. The highest BCUT2D eigenvalue weighted by Crippen LogP contribution is 2.48. The Morgan fingerprint density at radius 3 is 2.38 bits per heavy atom. The molecule has 0 bridgehead atoms. The second kappa shape index (κ2) is 3.36. The molecule has 1 rings (SSSR count). The second-order valence-corrected chi connectivity index (χ2v) is 4.11. The van der Waals surface area contributed by atoms with Crippen molar-refractivity contribution in [1.82, 2.24) is 5.32 Å². The van der Waals surface area contributed by atoms with Crippen molar-refractivity contribution < 1.29 is 14.7 Å². The minimum absolute atomic E-state index is 0.144. The SMILES string of the molecule is CC(=O)NC(CC1(C)CC1)C(=O)O. The minimum atomic E-state index is -0.941.